The maximum Gasteiger partial charge on any atom is 0.306 e. The predicted octanol–water partition coefficient (Wildman–Crippen LogP) is 3.12. The lowest BCUT2D eigenvalue weighted by atomic mass is 10.0. The number of hydrogen-bond acceptors (Lipinski definition) is 3. The summed E-state index contributed by atoms with van der Waals surface area (Å²) in [5, 5.41) is 16.3. The summed E-state index contributed by atoms with van der Waals surface area (Å²) in [6.07, 6.45) is 3.19. The molecule has 138 valence electrons. The van der Waals surface area contributed by atoms with E-state index in [2.05, 4.69) is 10.4 Å². The van der Waals surface area contributed by atoms with Crippen LogP contribution in [0.2, 0.25) is 0 Å². The van der Waals surface area contributed by atoms with Crippen molar-refractivity contribution in [2.24, 2.45) is 5.92 Å². The second-order valence-electron chi connectivity index (χ2n) is 7.01. The van der Waals surface area contributed by atoms with Crippen LogP contribution in [0.3, 0.4) is 0 Å². The number of carbonyl (C=O) groups is 2. The fourth-order valence-corrected chi connectivity index (χ4v) is 3.48. The summed E-state index contributed by atoms with van der Waals surface area (Å²) in [4.78, 5) is 23.8. The summed E-state index contributed by atoms with van der Waals surface area (Å²) in [5.41, 5.74) is 1.88. The van der Waals surface area contributed by atoms with Crippen molar-refractivity contribution in [1.29, 1.82) is 0 Å². The zero-order valence-electron chi connectivity index (χ0n) is 14.8. The minimum Gasteiger partial charge on any atom is -0.481 e. The molecule has 1 aliphatic carbocycles. The molecule has 1 amide bonds. The molecule has 2 atom stereocenters. The first-order chi connectivity index (χ1) is 12.4. The number of halogens is 1. The number of rotatable bonds is 5. The van der Waals surface area contributed by atoms with Crippen LogP contribution in [-0.2, 0) is 4.79 Å². The lowest BCUT2D eigenvalue weighted by Gasteiger charge is -2.15. The van der Waals surface area contributed by atoms with Gasteiger partial charge in [0.25, 0.3) is 5.91 Å². The van der Waals surface area contributed by atoms with Crippen molar-refractivity contribution in [2.75, 3.05) is 0 Å². The predicted molar refractivity (Wildman–Crippen MR) is 93.8 cm³/mol. The molecular formula is C19H22FN3O3. The van der Waals surface area contributed by atoms with Gasteiger partial charge in [0.15, 0.2) is 0 Å². The molecule has 1 aromatic heterocycles. The van der Waals surface area contributed by atoms with Gasteiger partial charge in [-0.1, -0.05) is 13.8 Å². The van der Waals surface area contributed by atoms with Crippen molar-refractivity contribution in [2.45, 2.75) is 45.1 Å². The van der Waals surface area contributed by atoms with Crippen LogP contribution in [0.4, 0.5) is 4.39 Å². The standard InChI is InChI=1S/C19H22FN3O3/c1-11(2)17-16(10-21-23(17)15-7-4-13(20)5-8-15)18(24)22-14-6-3-12(9-14)19(25)26/h4-5,7-8,10-12,14H,3,6,9H2,1-2H3,(H,22,24)(H,25,26)/t12-,14+/m1/s1. The van der Waals surface area contributed by atoms with Gasteiger partial charge in [-0.3, -0.25) is 9.59 Å². The van der Waals surface area contributed by atoms with Gasteiger partial charge >= 0.3 is 5.97 Å². The van der Waals surface area contributed by atoms with Crippen molar-refractivity contribution in [1.82, 2.24) is 15.1 Å². The first-order valence-electron chi connectivity index (χ1n) is 8.74. The Morgan fingerprint density at radius 1 is 1.27 bits per heavy atom. The molecule has 7 heteroatoms. The molecule has 1 fully saturated rings. The number of carboxylic acid groups (broad SMARTS) is 1. The largest absolute Gasteiger partial charge is 0.481 e. The maximum atomic E-state index is 13.2. The Hall–Kier alpha value is -2.70. The number of carbonyl (C=O) groups excluding carboxylic acids is 1. The molecule has 0 radical (unpaired) electrons. The Bertz CT molecular complexity index is 814. The van der Waals surface area contributed by atoms with E-state index in [1.54, 1.807) is 16.8 Å². The van der Waals surface area contributed by atoms with Crippen molar-refractivity contribution < 1.29 is 19.1 Å². The van der Waals surface area contributed by atoms with Crippen molar-refractivity contribution in [3.05, 3.63) is 47.5 Å². The molecule has 3 rings (SSSR count). The van der Waals surface area contributed by atoms with Gasteiger partial charge < -0.3 is 10.4 Å². The van der Waals surface area contributed by atoms with Gasteiger partial charge in [0.05, 0.1) is 29.1 Å². The summed E-state index contributed by atoms with van der Waals surface area (Å²) in [6, 6.07) is 5.80. The summed E-state index contributed by atoms with van der Waals surface area (Å²) in [7, 11) is 0. The highest BCUT2D eigenvalue weighted by Crippen LogP contribution is 2.27. The fourth-order valence-electron chi connectivity index (χ4n) is 3.48. The van der Waals surface area contributed by atoms with Gasteiger partial charge in [0.1, 0.15) is 5.82 Å². The van der Waals surface area contributed by atoms with Crippen LogP contribution in [-0.4, -0.2) is 32.8 Å². The number of amides is 1. The average Bonchev–Trinajstić information content (AvgIpc) is 3.22. The summed E-state index contributed by atoms with van der Waals surface area (Å²) in [5.74, 6) is -1.77. The second-order valence-corrected chi connectivity index (χ2v) is 7.01. The number of carboxylic acids is 1. The summed E-state index contributed by atoms with van der Waals surface area (Å²) in [6.45, 7) is 3.92. The third kappa shape index (κ3) is 3.61. The van der Waals surface area contributed by atoms with E-state index in [1.165, 1.54) is 18.3 Å². The molecule has 2 N–H and O–H groups in total. The minimum atomic E-state index is -0.811. The van der Waals surface area contributed by atoms with E-state index in [4.69, 9.17) is 5.11 Å². The molecule has 1 aliphatic rings. The molecule has 1 aromatic carbocycles. The van der Waals surface area contributed by atoms with E-state index >= 15 is 0 Å². The van der Waals surface area contributed by atoms with E-state index < -0.39 is 11.9 Å². The molecule has 1 saturated carbocycles. The Morgan fingerprint density at radius 3 is 2.54 bits per heavy atom. The zero-order valence-corrected chi connectivity index (χ0v) is 14.8. The fraction of sp³-hybridized carbons (Fsp3) is 0.421. The summed E-state index contributed by atoms with van der Waals surface area (Å²) >= 11 is 0. The number of nitrogens with zero attached hydrogens (tertiary/aromatic N) is 2. The third-order valence-electron chi connectivity index (χ3n) is 4.79. The molecule has 2 aromatic rings. The highest BCUT2D eigenvalue weighted by molar-refractivity contribution is 5.95. The molecule has 6 nitrogen and oxygen atoms in total. The summed E-state index contributed by atoms with van der Waals surface area (Å²) < 4.78 is 14.8. The van der Waals surface area contributed by atoms with E-state index in [9.17, 15) is 14.0 Å². The van der Waals surface area contributed by atoms with Crippen molar-refractivity contribution in [3.8, 4) is 5.69 Å². The van der Waals surface area contributed by atoms with Gasteiger partial charge in [-0.15, -0.1) is 0 Å². The number of hydrogen-bond donors (Lipinski definition) is 2. The van der Waals surface area contributed by atoms with Gasteiger partial charge in [-0.05, 0) is 49.4 Å². The van der Waals surface area contributed by atoms with Crippen LogP contribution < -0.4 is 5.32 Å². The molecule has 26 heavy (non-hydrogen) atoms. The Morgan fingerprint density at radius 2 is 1.96 bits per heavy atom. The highest BCUT2D eigenvalue weighted by atomic mass is 19.1. The lowest BCUT2D eigenvalue weighted by molar-refractivity contribution is -0.141. The minimum absolute atomic E-state index is 0.0265. The smallest absolute Gasteiger partial charge is 0.306 e. The molecule has 0 aliphatic heterocycles. The van der Waals surface area contributed by atoms with Crippen molar-refractivity contribution >= 4 is 11.9 Å². The molecular weight excluding hydrogens is 337 g/mol. The molecule has 0 spiro atoms. The monoisotopic (exact) mass is 359 g/mol. The zero-order chi connectivity index (χ0) is 18.8. The Balaban J connectivity index is 1.82. The quantitative estimate of drug-likeness (QED) is 0.859. The number of benzene rings is 1. The van der Waals surface area contributed by atoms with Crippen LogP contribution >= 0.6 is 0 Å². The van der Waals surface area contributed by atoms with Gasteiger partial charge in [0, 0.05) is 6.04 Å². The highest BCUT2D eigenvalue weighted by Gasteiger charge is 2.31. The molecule has 0 unspecified atom stereocenters. The lowest BCUT2D eigenvalue weighted by Crippen LogP contribution is -2.34. The Kier molecular flexibility index (Phi) is 5.06. The number of nitrogens with one attached hydrogen (secondary N) is 1. The normalized spacial score (nSPS) is 19.7. The van der Waals surface area contributed by atoms with Crippen LogP contribution in [0.5, 0.6) is 0 Å². The average molecular weight is 359 g/mol. The first-order valence-corrected chi connectivity index (χ1v) is 8.74. The molecule has 0 saturated heterocycles. The van der Waals surface area contributed by atoms with Gasteiger partial charge in [0.2, 0.25) is 0 Å². The maximum absolute atomic E-state index is 13.2. The van der Waals surface area contributed by atoms with E-state index in [1.807, 2.05) is 13.8 Å². The number of aromatic nitrogens is 2. The first kappa shape index (κ1) is 18.1. The van der Waals surface area contributed by atoms with Crippen LogP contribution in [0.1, 0.15) is 55.1 Å². The van der Waals surface area contributed by atoms with Gasteiger partial charge in [-0.2, -0.15) is 5.10 Å². The van der Waals surface area contributed by atoms with Gasteiger partial charge in [-0.25, -0.2) is 9.07 Å². The van der Waals surface area contributed by atoms with Crippen LogP contribution in [0.15, 0.2) is 30.5 Å². The molecule has 0 bridgehead atoms. The van der Waals surface area contributed by atoms with E-state index in [0.717, 1.165) is 5.69 Å². The third-order valence-corrected chi connectivity index (χ3v) is 4.79. The van der Waals surface area contributed by atoms with Crippen LogP contribution in [0, 0.1) is 11.7 Å². The van der Waals surface area contributed by atoms with Crippen molar-refractivity contribution in [3.63, 3.8) is 0 Å². The second kappa shape index (κ2) is 7.27. The van der Waals surface area contributed by atoms with E-state index in [0.29, 0.717) is 30.5 Å². The number of aliphatic carboxylic acids is 1. The topological polar surface area (TPSA) is 84.2 Å². The molecule has 1 heterocycles. The van der Waals surface area contributed by atoms with Crippen LogP contribution in [0.25, 0.3) is 5.69 Å². The Labute approximate surface area is 151 Å². The SMILES string of the molecule is CC(C)c1c(C(=O)N[C@H]2CC[C@@H](C(=O)O)C2)cnn1-c1ccc(F)cc1. The van der Waals surface area contributed by atoms with E-state index in [-0.39, 0.29) is 23.7 Å².